The van der Waals surface area contributed by atoms with Crippen LogP contribution in [0.1, 0.15) is 16.1 Å². The standard InChI is InChI=1S/C7H13NO3S/c1-5(9)8-6(7(10)11)3-4-12-2/h6H,3-4H2,1-2H3,(H,8,9)(H,10,11)/i3D,6D/hD. The maximum Gasteiger partial charge on any atom is 0.326 e. The Morgan fingerprint density at radius 3 is 2.83 bits per heavy atom. The number of rotatable bonds is 5. The number of hydrogen-bond acceptors (Lipinski definition) is 3. The first-order valence-electron chi connectivity index (χ1n) is 4.75. The van der Waals surface area contributed by atoms with Gasteiger partial charge in [-0.15, -0.1) is 0 Å². The molecule has 1 amide bonds. The Balaban J connectivity index is 5.05. The zero-order valence-electron chi connectivity index (χ0n) is 9.90. The molecule has 70 valence electrons. The van der Waals surface area contributed by atoms with E-state index in [1.807, 2.05) is 0 Å². The Morgan fingerprint density at radius 2 is 2.50 bits per heavy atom. The van der Waals surface area contributed by atoms with E-state index in [0.29, 0.717) is 0 Å². The van der Waals surface area contributed by atoms with E-state index in [9.17, 15) is 9.59 Å². The van der Waals surface area contributed by atoms with Gasteiger partial charge in [0, 0.05) is 8.29 Å². The number of carboxylic acids is 1. The van der Waals surface area contributed by atoms with E-state index in [0.717, 1.165) is 6.92 Å². The summed E-state index contributed by atoms with van der Waals surface area (Å²) in [5, 5.41) is 8.85. The van der Waals surface area contributed by atoms with E-state index in [-0.39, 0.29) is 11.1 Å². The molecule has 0 bridgehead atoms. The minimum atomic E-state index is -2.55. The zero-order chi connectivity index (χ0) is 12.2. The van der Waals surface area contributed by atoms with Crippen molar-refractivity contribution < 1.29 is 18.8 Å². The average molecular weight is 194 g/mol. The van der Waals surface area contributed by atoms with Crippen molar-refractivity contribution >= 4 is 23.6 Å². The Bertz CT molecular complexity index is 266. The van der Waals surface area contributed by atoms with Crippen molar-refractivity contribution in [3.8, 4) is 0 Å². The lowest BCUT2D eigenvalue weighted by Gasteiger charge is -2.11. The fraction of sp³-hybridized carbons (Fsp3) is 0.714. The quantitative estimate of drug-likeness (QED) is 0.662. The fourth-order valence-electron chi connectivity index (χ4n) is 0.513. The predicted octanol–water partition coefficient (Wildman–Crippen LogP) is 0.329. The highest BCUT2D eigenvalue weighted by Gasteiger charge is 2.16. The van der Waals surface area contributed by atoms with Crippen LogP contribution >= 0.6 is 11.8 Å². The van der Waals surface area contributed by atoms with Crippen LogP contribution in [-0.2, 0) is 9.59 Å². The third kappa shape index (κ3) is 5.01. The van der Waals surface area contributed by atoms with Gasteiger partial charge >= 0.3 is 5.97 Å². The molecular weight excluding hydrogens is 178 g/mol. The van der Waals surface area contributed by atoms with Gasteiger partial charge in [-0.3, -0.25) is 4.79 Å². The molecule has 0 aromatic carbocycles. The summed E-state index contributed by atoms with van der Waals surface area (Å²) in [6, 6.07) is -2.55. The number of carbonyl (C=O) groups excluding carboxylic acids is 1. The molecule has 4 nitrogen and oxygen atoms in total. The third-order valence-electron chi connectivity index (χ3n) is 0.940. The van der Waals surface area contributed by atoms with Crippen LogP contribution < -0.4 is 5.31 Å². The number of carbonyl (C=O) groups is 2. The summed E-state index contributed by atoms with van der Waals surface area (Å²) in [7, 11) is 0. The second-order valence-corrected chi connectivity index (χ2v) is 2.89. The summed E-state index contributed by atoms with van der Waals surface area (Å²) < 4.78 is 22.2. The maximum atomic E-state index is 10.9. The molecule has 0 aromatic heterocycles. The van der Waals surface area contributed by atoms with E-state index in [4.69, 9.17) is 9.26 Å². The molecule has 0 saturated heterocycles. The summed E-state index contributed by atoms with van der Waals surface area (Å²) in [4.78, 5) is 21.7. The molecule has 5 heteroatoms. The van der Waals surface area contributed by atoms with Gasteiger partial charge in [-0.25, -0.2) is 4.79 Å². The van der Waals surface area contributed by atoms with Gasteiger partial charge in [0.1, 0.15) is 6.02 Å². The van der Waals surface area contributed by atoms with Gasteiger partial charge in [0.25, 0.3) is 0 Å². The number of thioether (sulfide) groups is 1. The van der Waals surface area contributed by atoms with Crippen molar-refractivity contribution in [3.05, 3.63) is 0 Å². The second-order valence-electron chi connectivity index (χ2n) is 1.98. The van der Waals surface area contributed by atoms with E-state index < -0.39 is 24.3 Å². The van der Waals surface area contributed by atoms with Crippen LogP contribution in [-0.4, -0.2) is 35.0 Å². The molecule has 0 fully saturated rings. The Kier molecular flexibility index (Phi) is 3.32. The normalized spacial score (nSPS) is 21.0. The molecule has 0 rings (SSSR count). The molecule has 0 saturated carbocycles. The zero-order valence-corrected chi connectivity index (χ0v) is 7.72. The maximum absolute atomic E-state index is 10.9. The van der Waals surface area contributed by atoms with Crippen molar-refractivity contribution in [1.29, 1.82) is 0 Å². The van der Waals surface area contributed by atoms with Gasteiger partial charge in [0.05, 0.1) is 1.37 Å². The van der Waals surface area contributed by atoms with Crippen molar-refractivity contribution in [2.45, 2.75) is 19.3 Å². The molecule has 2 unspecified atom stereocenters. The summed E-state index contributed by atoms with van der Waals surface area (Å²) in [6.07, 6.45) is 0.290. The first kappa shape index (κ1) is 6.77. The number of carboxylic acid groups (broad SMARTS) is 1. The summed E-state index contributed by atoms with van der Waals surface area (Å²) in [5.74, 6) is -2.47. The lowest BCUT2D eigenvalue weighted by atomic mass is 10.2. The van der Waals surface area contributed by atoms with Crippen molar-refractivity contribution in [1.82, 2.24) is 5.31 Å². The van der Waals surface area contributed by atoms with Crippen LogP contribution in [0.5, 0.6) is 0 Å². The van der Waals surface area contributed by atoms with Crippen molar-refractivity contribution in [3.63, 3.8) is 0 Å². The minimum Gasteiger partial charge on any atom is -0.480 e. The van der Waals surface area contributed by atoms with Gasteiger partial charge in [0.15, 0.2) is 1.41 Å². The van der Waals surface area contributed by atoms with Crippen LogP contribution in [0.25, 0.3) is 0 Å². The molecule has 12 heavy (non-hydrogen) atoms. The van der Waals surface area contributed by atoms with E-state index in [2.05, 4.69) is 0 Å². The molecule has 0 aromatic rings. The molecular formula is C7H13NO3S. The number of hydrogen-bond donors (Lipinski definition) is 2. The van der Waals surface area contributed by atoms with Crippen LogP contribution in [0.15, 0.2) is 0 Å². The summed E-state index contributed by atoms with van der Waals surface area (Å²) in [6.45, 7) is 0.991. The monoisotopic (exact) mass is 194 g/mol. The Morgan fingerprint density at radius 1 is 1.92 bits per heavy atom. The van der Waals surface area contributed by atoms with E-state index in [1.165, 1.54) is 11.8 Å². The summed E-state index contributed by atoms with van der Waals surface area (Å²) in [5.41, 5.74) is 0. The largest absolute Gasteiger partial charge is 0.480 e. The molecule has 0 aliphatic rings. The number of amides is 1. The molecule has 0 spiro atoms. The second kappa shape index (κ2) is 5.88. The van der Waals surface area contributed by atoms with E-state index >= 15 is 0 Å². The highest BCUT2D eigenvalue weighted by molar-refractivity contribution is 7.98. The molecule has 2 atom stereocenters. The molecule has 0 aliphatic heterocycles. The molecule has 2 N–H and O–H groups in total. The topological polar surface area (TPSA) is 66.4 Å². The molecule has 0 aliphatic carbocycles. The van der Waals surface area contributed by atoms with Crippen LogP contribution in [0.3, 0.4) is 0 Å². The highest BCUT2D eigenvalue weighted by atomic mass is 32.2. The van der Waals surface area contributed by atoms with Gasteiger partial charge in [-0.2, -0.15) is 11.8 Å². The van der Waals surface area contributed by atoms with Gasteiger partial charge < -0.3 is 10.4 Å². The van der Waals surface area contributed by atoms with Crippen LogP contribution in [0.4, 0.5) is 0 Å². The minimum absolute atomic E-state index is 0.0310. The predicted molar refractivity (Wildman–Crippen MR) is 48.2 cm³/mol. The van der Waals surface area contributed by atoms with Crippen LogP contribution in [0, 0.1) is 0 Å². The van der Waals surface area contributed by atoms with Gasteiger partial charge in [0.2, 0.25) is 5.91 Å². The van der Waals surface area contributed by atoms with E-state index in [1.54, 1.807) is 6.26 Å². The van der Waals surface area contributed by atoms with Crippen LogP contribution in [0.2, 0.25) is 1.41 Å². The molecule has 0 radical (unpaired) electrons. The van der Waals surface area contributed by atoms with Crippen molar-refractivity contribution in [2.24, 2.45) is 0 Å². The smallest absolute Gasteiger partial charge is 0.326 e. The first-order chi connectivity index (χ1) is 6.78. The van der Waals surface area contributed by atoms with Gasteiger partial charge in [-0.1, -0.05) is 0 Å². The third-order valence-corrected chi connectivity index (χ3v) is 1.44. The number of aliphatic carboxylic acids is 1. The van der Waals surface area contributed by atoms with Gasteiger partial charge in [-0.05, 0) is 18.4 Å². The first-order valence-corrected chi connectivity index (χ1v) is 4.62. The highest BCUT2D eigenvalue weighted by Crippen LogP contribution is 2.00. The Hall–Kier alpha value is -0.710. The molecule has 0 heterocycles. The lowest BCUT2D eigenvalue weighted by molar-refractivity contribution is -0.141. The number of nitrogens with one attached hydrogen (secondary N) is 1. The van der Waals surface area contributed by atoms with Crippen molar-refractivity contribution in [2.75, 3.05) is 12.0 Å². The SMILES string of the molecule is [2H]C(CSC)C([2H])(C(=O)O)N([2H])C(C)=O. The average Bonchev–Trinajstić information content (AvgIpc) is 2.15. The Labute approximate surface area is 80.0 Å². The lowest BCUT2D eigenvalue weighted by Crippen LogP contribution is -2.39. The summed E-state index contributed by atoms with van der Waals surface area (Å²) >= 11 is 1.19. The fourth-order valence-corrected chi connectivity index (χ4v) is 0.837.